The molecule has 0 aliphatic heterocycles. The number of carbonyl (C=O) groups excluding carboxylic acids is 2. The van der Waals surface area contributed by atoms with Gasteiger partial charge in [-0.25, -0.2) is 9.59 Å². The Morgan fingerprint density at radius 3 is 1.95 bits per heavy atom. The number of nitrogens with zero attached hydrogens (tertiary/aromatic N) is 2. The molecule has 2 aromatic carbocycles. The number of benzene rings is 2. The van der Waals surface area contributed by atoms with Gasteiger partial charge >= 0.3 is 11.9 Å². The predicted octanol–water partition coefficient (Wildman–Crippen LogP) is 5.17. The highest BCUT2D eigenvalue weighted by molar-refractivity contribution is 5.91. The molecule has 0 atom stereocenters. The summed E-state index contributed by atoms with van der Waals surface area (Å²) in [5.74, 6) is -0.00519. The first kappa shape index (κ1) is 34.7. The highest BCUT2D eigenvalue weighted by Gasteiger charge is 2.11. The van der Waals surface area contributed by atoms with Crippen LogP contribution >= 0.6 is 0 Å². The molecule has 0 amide bonds. The first-order valence-corrected chi connectivity index (χ1v) is 14.3. The van der Waals surface area contributed by atoms with Gasteiger partial charge in [0.2, 0.25) is 0 Å². The number of nitrogens with one attached hydrogen (secondary N) is 1. The van der Waals surface area contributed by atoms with Gasteiger partial charge in [0.1, 0.15) is 19.0 Å². The van der Waals surface area contributed by atoms with Gasteiger partial charge in [-0.3, -0.25) is 0 Å². The fourth-order valence-corrected chi connectivity index (χ4v) is 3.45. The third kappa shape index (κ3) is 14.2. The van der Waals surface area contributed by atoms with E-state index in [0.717, 1.165) is 51.3 Å². The van der Waals surface area contributed by atoms with Gasteiger partial charge in [0.05, 0.1) is 23.4 Å². The van der Waals surface area contributed by atoms with Crippen LogP contribution in [-0.2, 0) is 9.47 Å². The summed E-state index contributed by atoms with van der Waals surface area (Å²) in [6.07, 6.45) is 3.23. The van der Waals surface area contributed by atoms with Crippen molar-refractivity contribution in [2.45, 2.75) is 47.0 Å². The molecule has 0 saturated heterocycles. The van der Waals surface area contributed by atoms with E-state index in [9.17, 15) is 9.59 Å². The summed E-state index contributed by atoms with van der Waals surface area (Å²) in [5.41, 5.74) is 8.43. The number of esters is 2. The second-order valence-corrected chi connectivity index (χ2v) is 9.56. The van der Waals surface area contributed by atoms with Crippen LogP contribution in [0.15, 0.2) is 42.5 Å². The van der Waals surface area contributed by atoms with E-state index in [1.165, 1.54) is 6.42 Å². The Morgan fingerprint density at radius 1 is 0.800 bits per heavy atom. The lowest BCUT2D eigenvalue weighted by Gasteiger charge is -2.17. The number of ether oxygens (including phenoxy) is 3. The number of hydrogen-bond donors (Lipinski definition) is 2. The van der Waals surface area contributed by atoms with E-state index in [1.54, 1.807) is 30.3 Å². The second-order valence-electron chi connectivity index (χ2n) is 9.56. The van der Waals surface area contributed by atoms with Crippen molar-refractivity contribution in [2.75, 3.05) is 77.7 Å². The lowest BCUT2D eigenvalue weighted by Crippen LogP contribution is -2.27. The third-order valence-corrected chi connectivity index (χ3v) is 5.99. The van der Waals surface area contributed by atoms with Crippen molar-refractivity contribution < 1.29 is 23.8 Å². The number of unbranched alkanes of at least 4 members (excludes halogenated alkanes) is 1. The second kappa shape index (κ2) is 20.6. The number of nitrogen functional groups attached to an aromatic ring is 1. The van der Waals surface area contributed by atoms with Crippen LogP contribution in [0.25, 0.3) is 0 Å². The molecule has 224 valence electrons. The molecule has 3 N–H and O–H groups in total. The van der Waals surface area contributed by atoms with Gasteiger partial charge < -0.3 is 35.1 Å². The molecule has 0 unspecified atom stereocenters. The molecule has 0 fully saturated rings. The van der Waals surface area contributed by atoms with Crippen LogP contribution in [-0.4, -0.2) is 88.4 Å². The number of hydrogen-bond acceptors (Lipinski definition) is 9. The molecule has 9 nitrogen and oxygen atoms in total. The number of nitrogens with two attached hydrogens (primary N) is 1. The molecule has 0 spiro atoms. The number of likely N-dealkylation sites (N-methyl/N-ethyl adjacent to an activating group) is 2. The highest BCUT2D eigenvalue weighted by Crippen LogP contribution is 2.23. The molecule has 0 aliphatic carbocycles. The van der Waals surface area contributed by atoms with Crippen LogP contribution in [0.3, 0.4) is 0 Å². The average Bonchev–Trinajstić information content (AvgIpc) is 2.95. The molecule has 40 heavy (non-hydrogen) atoms. The average molecular weight is 559 g/mol. The van der Waals surface area contributed by atoms with E-state index >= 15 is 0 Å². The zero-order valence-electron chi connectivity index (χ0n) is 25.3. The van der Waals surface area contributed by atoms with Crippen molar-refractivity contribution in [1.29, 1.82) is 0 Å². The summed E-state index contributed by atoms with van der Waals surface area (Å²) in [5, 5.41) is 3.31. The van der Waals surface area contributed by atoms with Crippen molar-refractivity contribution >= 4 is 23.3 Å². The van der Waals surface area contributed by atoms with E-state index < -0.39 is 0 Å². The molecule has 2 rings (SSSR count). The predicted molar refractivity (Wildman–Crippen MR) is 163 cm³/mol. The van der Waals surface area contributed by atoms with Gasteiger partial charge in [0.25, 0.3) is 0 Å². The standard InChI is InChI=1S/C16H26N2O3.C15H24N2O2/c1-4-10-20-15-8-7-13(12-14(15)17)16(19)21-11-9-18(5-2)6-3;1-4-5-10-16-14-8-6-13(7-9-14)15(18)19-12-11-17(2)3/h7-8,12H,4-6,9-11,17H2,1-3H3;6-9,16H,4-5,10-12H2,1-3H3. The van der Waals surface area contributed by atoms with Gasteiger partial charge in [-0.2, -0.15) is 0 Å². The number of carbonyl (C=O) groups is 2. The Labute approximate surface area is 241 Å². The zero-order chi connectivity index (χ0) is 29.8. The maximum atomic E-state index is 11.9. The molecule has 2 aromatic rings. The topological polar surface area (TPSA) is 106 Å². The minimum Gasteiger partial charge on any atom is -0.491 e. The Hall–Kier alpha value is -3.30. The summed E-state index contributed by atoms with van der Waals surface area (Å²) in [4.78, 5) is 27.9. The Balaban J connectivity index is 0.000000402. The minimum atomic E-state index is -0.351. The normalized spacial score (nSPS) is 10.6. The fraction of sp³-hybridized carbons (Fsp3) is 0.548. The fourth-order valence-electron chi connectivity index (χ4n) is 3.45. The molecule has 0 saturated carbocycles. The SMILES string of the molecule is CCCCNc1ccc(C(=O)OCCN(C)C)cc1.CCCOc1ccc(C(=O)OCCN(CC)CC)cc1N. The maximum Gasteiger partial charge on any atom is 0.338 e. The van der Waals surface area contributed by atoms with Crippen LogP contribution in [0, 0.1) is 0 Å². The summed E-state index contributed by atoms with van der Waals surface area (Å²) < 4.78 is 15.9. The van der Waals surface area contributed by atoms with Crippen LogP contribution in [0.1, 0.15) is 67.7 Å². The monoisotopic (exact) mass is 558 g/mol. The zero-order valence-corrected chi connectivity index (χ0v) is 25.3. The van der Waals surface area contributed by atoms with E-state index in [-0.39, 0.29) is 11.9 Å². The Morgan fingerprint density at radius 2 is 1.40 bits per heavy atom. The molecule has 0 aromatic heterocycles. The lowest BCUT2D eigenvalue weighted by atomic mass is 10.2. The summed E-state index contributed by atoms with van der Waals surface area (Å²) in [6.45, 7) is 14.1. The van der Waals surface area contributed by atoms with Gasteiger partial charge in [-0.1, -0.05) is 34.1 Å². The molecule has 0 aliphatic rings. The van der Waals surface area contributed by atoms with Crippen LogP contribution in [0.4, 0.5) is 11.4 Å². The highest BCUT2D eigenvalue weighted by atomic mass is 16.5. The van der Waals surface area contributed by atoms with Gasteiger partial charge in [0.15, 0.2) is 0 Å². The van der Waals surface area contributed by atoms with E-state index in [0.29, 0.717) is 42.4 Å². The van der Waals surface area contributed by atoms with Crippen LogP contribution < -0.4 is 15.8 Å². The maximum absolute atomic E-state index is 11.9. The summed E-state index contributed by atoms with van der Waals surface area (Å²) in [6, 6.07) is 12.4. The van der Waals surface area contributed by atoms with Crippen molar-refractivity contribution in [3.8, 4) is 5.75 Å². The van der Waals surface area contributed by atoms with Crippen LogP contribution in [0.2, 0.25) is 0 Å². The largest absolute Gasteiger partial charge is 0.491 e. The van der Waals surface area contributed by atoms with Crippen LogP contribution in [0.5, 0.6) is 5.75 Å². The van der Waals surface area contributed by atoms with Gasteiger partial charge in [0, 0.05) is 25.3 Å². The van der Waals surface area contributed by atoms with E-state index in [1.807, 2.05) is 38.1 Å². The Kier molecular flexibility index (Phi) is 17.9. The van der Waals surface area contributed by atoms with E-state index in [4.69, 9.17) is 19.9 Å². The molecule has 9 heteroatoms. The lowest BCUT2D eigenvalue weighted by molar-refractivity contribution is 0.0462. The molecule has 0 bridgehead atoms. The summed E-state index contributed by atoms with van der Waals surface area (Å²) in [7, 11) is 3.90. The number of rotatable bonds is 17. The van der Waals surface area contributed by atoms with Gasteiger partial charge in [-0.15, -0.1) is 0 Å². The van der Waals surface area contributed by atoms with Crippen molar-refractivity contribution in [3.05, 3.63) is 53.6 Å². The first-order chi connectivity index (χ1) is 19.2. The van der Waals surface area contributed by atoms with Crippen molar-refractivity contribution in [1.82, 2.24) is 9.80 Å². The quantitative estimate of drug-likeness (QED) is 0.154. The third-order valence-electron chi connectivity index (χ3n) is 5.99. The van der Waals surface area contributed by atoms with Crippen molar-refractivity contribution in [2.24, 2.45) is 0 Å². The smallest absolute Gasteiger partial charge is 0.338 e. The molecule has 0 radical (unpaired) electrons. The molecular weight excluding hydrogens is 508 g/mol. The van der Waals surface area contributed by atoms with E-state index in [2.05, 4.69) is 31.0 Å². The molecule has 0 heterocycles. The van der Waals surface area contributed by atoms with Gasteiger partial charge in [-0.05, 0) is 82.5 Å². The Bertz CT molecular complexity index is 978. The first-order valence-electron chi connectivity index (χ1n) is 14.3. The minimum absolute atomic E-state index is 0.262. The van der Waals surface area contributed by atoms with Crippen molar-refractivity contribution in [3.63, 3.8) is 0 Å². The summed E-state index contributed by atoms with van der Waals surface area (Å²) >= 11 is 0. The number of anilines is 2. The molecular formula is C31H50N4O5.